The maximum absolute atomic E-state index is 10.2. The van der Waals surface area contributed by atoms with Crippen molar-refractivity contribution in [1.82, 2.24) is 30.1 Å². The molecule has 0 saturated carbocycles. The number of fused-ring (bicyclic) bond motifs is 2. The van der Waals surface area contributed by atoms with E-state index in [4.69, 9.17) is 4.98 Å². The van der Waals surface area contributed by atoms with E-state index >= 15 is 0 Å². The molecule has 1 atom stereocenters. The molecule has 6 aromatic rings. The fourth-order valence-corrected chi connectivity index (χ4v) is 4.29. The topological polar surface area (TPSA) is 115 Å². The van der Waals surface area contributed by atoms with Crippen LogP contribution in [0.5, 0.6) is 0 Å². The number of nitrogens with zero attached hydrogens (tertiary/aromatic N) is 4. The molecule has 0 aliphatic carbocycles. The summed E-state index contributed by atoms with van der Waals surface area (Å²) in [4.78, 5) is 17.0. The van der Waals surface area contributed by atoms with E-state index in [1.54, 1.807) is 12.4 Å². The molecule has 0 spiro atoms. The van der Waals surface area contributed by atoms with E-state index in [2.05, 4.69) is 42.6 Å². The van der Waals surface area contributed by atoms with E-state index < -0.39 is 6.23 Å². The summed E-state index contributed by atoms with van der Waals surface area (Å²) in [7, 11) is 0. The molecule has 0 aliphatic heterocycles. The second-order valence-corrected chi connectivity index (χ2v) is 9.16. The minimum atomic E-state index is -0.644. The number of nitrogens with one attached hydrogen (secondary N) is 3. The molecule has 8 nitrogen and oxygen atoms in total. The average Bonchev–Trinajstić information content (AvgIpc) is 3.53. The highest BCUT2D eigenvalue weighted by Gasteiger charge is 2.16. The Hall–Kier alpha value is -4.56. The Bertz CT molecular complexity index is 1670. The van der Waals surface area contributed by atoms with Crippen molar-refractivity contribution >= 4 is 27.6 Å². The second kappa shape index (κ2) is 8.90. The summed E-state index contributed by atoms with van der Waals surface area (Å²) in [5.74, 6) is 0.777. The number of aliphatic hydroxyl groups excluding tert-OH is 1. The lowest BCUT2D eigenvalue weighted by Crippen LogP contribution is -2.24. The minimum Gasteiger partial charge on any atom is -0.374 e. The van der Waals surface area contributed by atoms with Gasteiger partial charge >= 0.3 is 0 Å². The zero-order chi connectivity index (χ0) is 24.6. The smallest absolute Gasteiger partial charge is 0.159 e. The summed E-state index contributed by atoms with van der Waals surface area (Å²) in [6.07, 6.45) is 6.49. The number of para-hydroxylation sites is 1. The van der Waals surface area contributed by atoms with Gasteiger partial charge in [-0.2, -0.15) is 5.10 Å². The van der Waals surface area contributed by atoms with Gasteiger partial charge in [-0.05, 0) is 41.8 Å². The Morgan fingerprint density at radius 1 is 0.861 bits per heavy atom. The first-order valence-corrected chi connectivity index (χ1v) is 11.8. The van der Waals surface area contributed by atoms with Crippen LogP contribution in [0.1, 0.15) is 13.8 Å². The molecule has 4 heterocycles. The number of benzene rings is 2. The number of anilines is 1. The SMILES string of the molecule is CC(C)C(O)Nc1cncc(-c2ccc3[nH]nc(-c4nc5c(-c6cccnc6)cccc5[nH]4)c3c2)c1. The van der Waals surface area contributed by atoms with Crippen LogP contribution in [0, 0.1) is 5.92 Å². The van der Waals surface area contributed by atoms with Crippen LogP contribution in [0.2, 0.25) is 0 Å². The number of aromatic nitrogens is 6. The predicted molar refractivity (Wildman–Crippen MR) is 142 cm³/mol. The molecule has 0 bridgehead atoms. The molecule has 6 rings (SSSR count). The van der Waals surface area contributed by atoms with Gasteiger partial charge in [-0.25, -0.2) is 4.98 Å². The minimum absolute atomic E-state index is 0.0842. The average molecular weight is 476 g/mol. The van der Waals surface area contributed by atoms with Crippen molar-refractivity contribution in [3.05, 3.63) is 79.4 Å². The van der Waals surface area contributed by atoms with Crippen LogP contribution >= 0.6 is 0 Å². The van der Waals surface area contributed by atoms with Crippen molar-refractivity contribution in [3.8, 4) is 33.8 Å². The molecule has 36 heavy (non-hydrogen) atoms. The van der Waals surface area contributed by atoms with Gasteiger partial charge < -0.3 is 15.4 Å². The third kappa shape index (κ3) is 3.97. The molecular formula is C28H25N7O. The van der Waals surface area contributed by atoms with Crippen LogP contribution in [-0.2, 0) is 0 Å². The summed E-state index contributed by atoms with van der Waals surface area (Å²) in [5, 5.41) is 22.0. The van der Waals surface area contributed by atoms with Crippen molar-refractivity contribution in [2.24, 2.45) is 5.92 Å². The zero-order valence-electron chi connectivity index (χ0n) is 19.9. The fraction of sp³-hybridized carbons (Fsp3) is 0.143. The van der Waals surface area contributed by atoms with Crippen LogP contribution in [0.3, 0.4) is 0 Å². The van der Waals surface area contributed by atoms with Gasteiger partial charge in [-0.1, -0.05) is 38.1 Å². The number of aliphatic hydroxyl groups is 1. The molecule has 178 valence electrons. The summed E-state index contributed by atoms with van der Waals surface area (Å²) in [6, 6.07) is 18.1. The monoisotopic (exact) mass is 475 g/mol. The van der Waals surface area contributed by atoms with Crippen molar-refractivity contribution in [2.75, 3.05) is 5.32 Å². The molecule has 4 N–H and O–H groups in total. The number of pyridine rings is 2. The first kappa shape index (κ1) is 21.9. The predicted octanol–water partition coefficient (Wildman–Crippen LogP) is 5.62. The Kier molecular flexibility index (Phi) is 5.42. The highest BCUT2D eigenvalue weighted by atomic mass is 16.3. The van der Waals surface area contributed by atoms with Gasteiger partial charge in [-0.3, -0.25) is 15.1 Å². The lowest BCUT2D eigenvalue weighted by atomic mass is 10.0. The van der Waals surface area contributed by atoms with Gasteiger partial charge in [0.1, 0.15) is 11.9 Å². The molecule has 0 radical (unpaired) electrons. The van der Waals surface area contributed by atoms with Gasteiger partial charge in [0.05, 0.1) is 28.4 Å². The molecule has 0 aliphatic rings. The van der Waals surface area contributed by atoms with Gasteiger partial charge in [0.25, 0.3) is 0 Å². The van der Waals surface area contributed by atoms with Gasteiger partial charge in [-0.15, -0.1) is 0 Å². The van der Waals surface area contributed by atoms with E-state index in [9.17, 15) is 5.11 Å². The number of imidazole rings is 1. The van der Waals surface area contributed by atoms with Crippen LogP contribution in [0.25, 0.3) is 55.7 Å². The number of hydrogen-bond donors (Lipinski definition) is 4. The van der Waals surface area contributed by atoms with E-state index in [0.717, 1.165) is 55.6 Å². The van der Waals surface area contributed by atoms with Gasteiger partial charge in [0.15, 0.2) is 5.82 Å². The number of H-pyrrole nitrogens is 2. The van der Waals surface area contributed by atoms with Crippen molar-refractivity contribution in [2.45, 2.75) is 20.1 Å². The Morgan fingerprint density at radius 3 is 2.58 bits per heavy atom. The molecule has 8 heteroatoms. The van der Waals surface area contributed by atoms with Gasteiger partial charge in [0, 0.05) is 40.7 Å². The normalized spacial score (nSPS) is 12.4. The fourth-order valence-electron chi connectivity index (χ4n) is 4.29. The molecule has 1 unspecified atom stereocenters. The second-order valence-electron chi connectivity index (χ2n) is 9.16. The highest BCUT2D eigenvalue weighted by Crippen LogP contribution is 2.33. The summed E-state index contributed by atoms with van der Waals surface area (Å²) < 4.78 is 0. The lowest BCUT2D eigenvalue weighted by molar-refractivity contribution is 0.153. The first-order valence-electron chi connectivity index (χ1n) is 11.8. The Balaban J connectivity index is 1.41. The third-order valence-electron chi connectivity index (χ3n) is 6.29. The standard InChI is InChI=1S/C28H25N7O/c1-16(2)28(36)31-20-11-19(14-30-15-20)17-8-9-23-22(12-17)26(35-34-23)27-32-24-7-3-6-21(25(24)33-27)18-5-4-10-29-13-18/h3-16,28,31,36H,1-2H3,(H,32,33)(H,34,35). The third-order valence-corrected chi connectivity index (χ3v) is 6.29. The van der Waals surface area contributed by atoms with E-state index in [-0.39, 0.29) is 5.92 Å². The lowest BCUT2D eigenvalue weighted by Gasteiger charge is -2.17. The molecule has 0 fully saturated rings. The van der Waals surface area contributed by atoms with Gasteiger partial charge in [0.2, 0.25) is 0 Å². The Morgan fingerprint density at radius 2 is 1.75 bits per heavy atom. The van der Waals surface area contributed by atoms with Crippen molar-refractivity contribution < 1.29 is 5.11 Å². The van der Waals surface area contributed by atoms with Crippen LogP contribution < -0.4 is 5.32 Å². The summed E-state index contributed by atoms with van der Waals surface area (Å²) >= 11 is 0. The zero-order valence-corrected chi connectivity index (χ0v) is 19.9. The molecule has 0 saturated heterocycles. The molecule has 4 aromatic heterocycles. The van der Waals surface area contributed by atoms with Crippen LogP contribution in [-0.4, -0.2) is 41.5 Å². The molecule has 0 amide bonds. The summed E-state index contributed by atoms with van der Waals surface area (Å²) in [5.41, 5.74) is 8.20. The van der Waals surface area contributed by atoms with E-state index in [1.165, 1.54) is 0 Å². The maximum atomic E-state index is 10.2. The van der Waals surface area contributed by atoms with E-state index in [0.29, 0.717) is 5.82 Å². The molecular weight excluding hydrogens is 450 g/mol. The number of hydrogen-bond acceptors (Lipinski definition) is 6. The Labute approximate surface area is 207 Å². The van der Waals surface area contributed by atoms with Crippen molar-refractivity contribution in [3.63, 3.8) is 0 Å². The van der Waals surface area contributed by atoms with Crippen LogP contribution in [0.4, 0.5) is 5.69 Å². The quantitative estimate of drug-likeness (QED) is 0.233. The van der Waals surface area contributed by atoms with Crippen LogP contribution in [0.15, 0.2) is 79.4 Å². The summed E-state index contributed by atoms with van der Waals surface area (Å²) in [6.45, 7) is 3.92. The largest absolute Gasteiger partial charge is 0.374 e. The maximum Gasteiger partial charge on any atom is 0.159 e. The van der Waals surface area contributed by atoms with Crippen molar-refractivity contribution in [1.29, 1.82) is 0 Å². The molecule has 2 aromatic carbocycles. The first-order chi connectivity index (χ1) is 17.6. The number of aromatic amines is 2. The van der Waals surface area contributed by atoms with E-state index in [1.807, 2.05) is 68.7 Å². The highest BCUT2D eigenvalue weighted by molar-refractivity contribution is 5.98. The number of rotatable bonds is 6.